The quantitative estimate of drug-likeness (QED) is 0.743. The van der Waals surface area contributed by atoms with Gasteiger partial charge in [0.25, 0.3) is 0 Å². The van der Waals surface area contributed by atoms with E-state index in [2.05, 4.69) is 39.5 Å². The Morgan fingerprint density at radius 2 is 2.05 bits per heavy atom. The Balaban J connectivity index is 1.47. The zero-order valence-electron chi connectivity index (χ0n) is 11.8. The van der Waals surface area contributed by atoms with Crippen molar-refractivity contribution in [3.63, 3.8) is 0 Å². The largest absolute Gasteiger partial charge is 0.356 e. The summed E-state index contributed by atoms with van der Waals surface area (Å²) < 4.78 is 2.13. The zero-order chi connectivity index (χ0) is 14.5. The molecule has 0 saturated heterocycles. The highest BCUT2D eigenvalue weighted by molar-refractivity contribution is 7.09. The third-order valence-electron chi connectivity index (χ3n) is 3.53. The summed E-state index contributed by atoms with van der Waals surface area (Å²) in [5.41, 5.74) is 1.18. The molecule has 1 N–H and O–H groups in total. The van der Waals surface area contributed by atoms with Gasteiger partial charge in [-0.25, -0.2) is 0 Å². The van der Waals surface area contributed by atoms with Gasteiger partial charge in [0, 0.05) is 36.1 Å². The Morgan fingerprint density at radius 1 is 1.14 bits per heavy atom. The molecule has 1 aromatic carbocycles. The van der Waals surface area contributed by atoms with Crippen LogP contribution in [0.2, 0.25) is 0 Å². The van der Waals surface area contributed by atoms with Gasteiger partial charge in [-0.05, 0) is 35.4 Å². The fourth-order valence-corrected chi connectivity index (χ4v) is 3.13. The molecule has 0 unspecified atom stereocenters. The molecule has 21 heavy (non-hydrogen) atoms. The number of carbonyl (C=O) groups is 1. The predicted molar refractivity (Wildman–Crippen MR) is 87.6 cm³/mol. The number of carbonyl (C=O) groups excluding carboxylic acids is 1. The third-order valence-corrected chi connectivity index (χ3v) is 4.47. The first-order valence-corrected chi connectivity index (χ1v) is 8.04. The Hall–Kier alpha value is -2.07. The van der Waals surface area contributed by atoms with E-state index in [1.54, 1.807) is 11.3 Å². The van der Waals surface area contributed by atoms with Crippen molar-refractivity contribution in [1.29, 1.82) is 0 Å². The second-order valence-electron chi connectivity index (χ2n) is 5.00. The van der Waals surface area contributed by atoms with Crippen molar-refractivity contribution in [2.45, 2.75) is 19.4 Å². The maximum Gasteiger partial charge on any atom is 0.221 e. The zero-order valence-corrected chi connectivity index (χ0v) is 12.6. The molecular formula is C17H18N2OS. The number of aromatic nitrogens is 1. The molecule has 0 aliphatic heterocycles. The van der Waals surface area contributed by atoms with Crippen molar-refractivity contribution in [2.75, 3.05) is 6.54 Å². The molecule has 2 heterocycles. The number of thiophene rings is 1. The first-order chi connectivity index (χ1) is 10.3. The van der Waals surface area contributed by atoms with Crippen molar-refractivity contribution >= 4 is 28.1 Å². The summed E-state index contributed by atoms with van der Waals surface area (Å²) >= 11 is 1.73. The van der Waals surface area contributed by atoms with E-state index in [0.717, 1.165) is 13.0 Å². The number of hydrogen-bond acceptors (Lipinski definition) is 2. The van der Waals surface area contributed by atoms with E-state index in [-0.39, 0.29) is 5.91 Å². The van der Waals surface area contributed by atoms with Gasteiger partial charge in [0.1, 0.15) is 0 Å². The van der Waals surface area contributed by atoms with Gasteiger partial charge >= 0.3 is 0 Å². The Morgan fingerprint density at radius 3 is 2.90 bits per heavy atom. The van der Waals surface area contributed by atoms with E-state index in [9.17, 15) is 4.79 Å². The van der Waals surface area contributed by atoms with Gasteiger partial charge in [0.2, 0.25) is 5.91 Å². The van der Waals surface area contributed by atoms with Crippen LogP contribution in [0.5, 0.6) is 0 Å². The average Bonchev–Trinajstić information content (AvgIpc) is 3.14. The minimum Gasteiger partial charge on any atom is -0.356 e. The number of benzene rings is 1. The fraction of sp³-hybridized carbons (Fsp3) is 0.235. The van der Waals surface area contributed by atoms with Crippen LogP contribution in [-0.2, 0) is 17.8 Å². The lowest BCUT2D eigenvalue weighted by molar-refractivity contribution is -0.121. The van der Waals surface area contributed by atoms with E-state index in [4.69, 9.17) is 0 Å². The van der Waals surface area contributed by atoms with Crippen LogP contribution >= 0.6 is 11.3 Å². The van der Waals surface area contributed by atoms with Crippen molar-refractivity contribution in [3.05, 3.63) is 58.9 Å². The minimum atomic E-state index is 0.115. The molecule has 0 radical (unpaired) electrons. The number of para-hydroxylation sites is 1. The van der Waals surface area contributed by atoms with Crippen molar-refractivity contribution in [3.8, 4) is 0 Å². The topological polar surface area (TPSA) is 34.0 Å². The van der Waals surface area contributed by atoms with Gasteiger partial charge in [0.15, 0.2) is 0 Å². The van der Waals surface area contributed by atoms with Gasteiger partial charge < -0.3 is 9.88 Å². The summed E-state index contributed by atoms with van der Waals surface area (Å²) in [6.45, 7) is 1.43. The fourth-order valence-electron chi connectivity index (χ4n) is 2.43. The number of fused-ring (bicyclic) bond motifs is 1. The molecule has 1 amide bonds. The summed E-state index contributed by atoms with van der Waals surface area (Å²) in [6.07, 6.45) is 3.47. The Bertz CT molecular complexity index is 715. The van der Waals surface area contributed by atoms with Crippen LogP contribution in [0.4, 0.5) is 0 Å². The van der Waals surface area contributed by atoms with E-state index >= 15 is 0 Å². The van der Waals surface area contributed by atoms with Gasteiger partial charge in [-0.3, -0.25) is 4.79 Å². The summed E-state index contributed by atoms with van der Waals surface area (Å²) in [5, 5.41) is 6.27. The van der Waals surface area contributed by atoms with Crippen LogP contribution in [0.1, 0.15) is 11.3 Å². The molecule has 3 rings (SSSR count). The molecule has 2 aromatic heterocycles. The third kappa shape index (κ3) is 3.52. The van der Waals surface area contributed by atoms with E-state index in [0.29, 0.717) is 13.0 Å². The van der Waals surface area contributed by atoms with Crippen LogP contribution in [0, 0.1) is 0 Å². The smallest absolute Gasteiger partial charge is 0.221 e. The lowest BCUT2D eigenvalue weighted by Gasteiger charge is -2.06. The Kier molecular flexibility index (Phi) is 4.36. The molecule has 0 bridgehead atoms. The van der Waals surface area contributed by atoms with E-state index in [1.165, 1.54) is 15.8 Å². The predicted octanol–water partition coefficient (Wildman–Crippen LogP) is 3.45. The molecule has 0 atom stereocenters. The number of rotatable bonds is 6. The monoisotopic (exact) mass is 298 g/mol. The van der Waals surface area contributed by atoms with E-state index < -0.39 is 0 Å². The number of aryl methyl sites for hydroxylation is 1. The second-order valence-corrected chi connectivity index (χ2v) is 6.03. The highest BCUT2D eigenvalue weighted by Gasteiger charge is 2.04. The molecule has 0 aliphatic carbocycles. The van der Waals surface area contributed by atoms with Gasteiger partial charge in [-0.1, -0.05) is 24.3 Å². The lowest BCUT2D eigenvalue weighted by atomic mass is 10.2. The van der Waals surface area contributed by atoms with Crippen LogP contribution < -0.4 is 5.32 Å². The normalized spacial score (nSPS) is 10.9. The molecule has 3 nitrogen and oxygen atoms in total. The summed E-state index contributed by atoms with van der Waals surface area (Å²) in [6, 6.07) is 14.5. The first kappa shape index (κ1) is 13.9. The van der Waals surface area contributed by atoms with E-state index in [1.807, 2.05) is 24.4 Å². The van der Waals surface area contributed by atoms with Crippen LogP contribution in [-0.4, -0.2) is 17.0 Å². The van der Waals surface area contributed by atoms with Crippen LogP contribution in [0.25, 0.3) is 10.9 Å². The number of amides is 1. The number of nitrogens with zero attached hydrogens (tertiary/aromatic N) is 1. The van der Waals surface area contributed by atoms with Gasteiger partial charge in [-0.2, -0.15) is 0 Å². The minimum absolute atomic E-state index is 0.115. The second kappa shape index (κ2) is 6.59. The van der Waals surface area contributed by atoms with Crippen molar-refractivity contribution in [2.24, 2.45) is 0 Å². The number of nitrogens with one attached hydrogen (secondary N) is 1. The standard InChI is InChI=1S/C17H18N2OS/c20-17(18-10-7-15-5-3-13-21-15)9-12-19-11-8-14-4-1-2-6-16(14)19/h1-6,8,11,13H,7,9-10,12H2,(H,18,20). The molecule has 108 valence electrons. The van der Waals surface area contributed by atoms with Gasteiger partial charge in [0.05, 0.1) is 0 Å². The SMILES string of the molecule is O=C(CCn1ccc2ccccc21)NCCc1cccs1. The van der Waals surface area contributed by atoms with Crippen LogP contribution in [0.15, 0.2) is 54.0 Å². The molecular weight excluding hydrogens is 280 g/mol. The molecule has 0 aliphatic rings. The molecule has 0 saturated carbocycles. The maximum atomic E-state index is 11.9. The van der Waals surface area contributed by atoms with Crippen LogP contribution in [0.3, 0.4) is 0 Å². The average molecular weight is 298 g/mol. The highest BCUT2D eigenvalue weighted by atomic mass is 32.1. The van der Waals surface area contributed by atoms with Gasteiger partial charge in [-0.15, -0.1) is 11.3 Å². The maximum absolute atomic E-state index is 11.9. The number of hydrogen-bond donors (Lipinski definition) is 1. The lowest BCUT2D eigenvalue weighted by Crippen LogP contribution is -2.26. The Labute approximate surface area is 128 Å². The van der Waals surface area contributed by atoms with Crippen molar-refractivity contribution < 1.29 is 4.79 Å². The molecule has 0 spiro atoms. The molecule has 4 heteroatoms. The molecule has 0 fully saturated rings. The summed E-state index contributed by atoms with van der Waals surface area (Å²) in [5.74, 6) is 0.115. The summed E-state index contributed by atoms with van der Waals surface area (Å²) in [7, 11) is 0. The molecule has 3 aromatic rings. The summed E-state index contributed by atoms with van der Waals surface area (Å²) in [4.78, 5) is 13.2. The highest BCUT2D eigenvalue weighted by Crippen LogP contribution is 2.15. The first-order valence-electron chi connectivity index (χ1n) is 7.16. The van der Waals surface area contributed by atoms with Crippen molar-refractivity contribution in [1.82, 2.24) is 9.88 Å².